The molecule has 2 saturated heterocycles. The van der Waals surface area contributed by atoms with Gasteiger partial charge in [0.05, 0.1) is 11.5 Å². The van der Waals surface area contributed by atoms with Crippen molar-refractivity contribution in [3.63, 3.8) is 0 Å². The van der Waals surface area contributed by atoms with Crippen LogP contribution in [0.2, 0.25) is 0 Å². The number of likely N-dealkylation sites (tertiary alicyclic amines) is 1. The van der Waals surface area contributed by atoms with Gasteiger partial charge in [-0.05, 0) is 19.3 Å². The van der Waals surface area contributed by atoms with Gasteiger partial charge in [0, 0.05) is 31.1 Å². The second-order valence-corrected chi connectivity index (χ2v) is 6.53. The van der Waals surface area contributed by atoms with Crippen molar-refractivity contribution in [3.8, 4) is 0 Å². The number of carboxylic acids is 1. The van der Waals surface area contributed by atoms with Crippen molar-refractivity contribution in [1.29, 1.82) is 0 Å². The highest BCUT2D eigenvalue weighted by atomic mass is 32.2. The van der Waals surface area contributed by atoms with Gasteiger partial charge < -0.3 is 15.3 Å². The molecule has 0 spiro atoms. The zero-order valence-electron chi connectivity index (χ0n) is 11.4. The molecule has 0 saturated carbocycles. The molecule has 0 aliphatic carbocycles. The van der Waals surface area contributed by atoms with E-state index in [1.54, 1.807) is 16.7 Å². The van der Waals surface area contributed by atoms with Crippen LogP contribution in [0.3, 0.4) is 0 Å². The lowest BCUT2D eigenvalue weighted by molar-refractivity contribution is -0.155. The number of hydrogen-bond acceptors (Lipinski definition) is 4. The average Bonchev–Trinajstić information content (AvgIpc) is 2.47. The molecule has 5 nitrogen and oxygen atoms in total. The molecule has 0 bridgehead atoms. The first-order valence-corrected chi connectivity index (χ1v) is 8.08. The van der Waals surface area contributed by atoms with Crippen LogP contribution in [0.4, 0.5) is 0 Å². The molecule has 0 radical (unpaired) electrons. The zero-order chi connectivity index (χ0) is 13.9. The Morgan fingerprint density at radius 3 is 2.89 bits per heavy atom. The fourth-order valence-electron chi connectivity index (χ4n) is 2.88. The lowest BCUT2D eigenvalue weighted by atomic mass is 9.77. The smallest absolute Gasteiger partial charge is 0.311 e. The third kappa shape index (κ3) is 3.05. The molecule has 1 amide bonds. The zero-order valence-corrected chi connectivity index (χ0v) is 12.2. The van der Waals surface area contributed by atoms with Gasteiger partial charge in [0.1, 0.15) is 0 Å². The Kier molecular flexibility index (Phi) is 4.73. The summed E-state index contributed by atoms with van der Waals surface area (Å²) in [5.41, 5.74) is -0.740. The van der Waals surface area contributed by atoms with Gasteiger partial charge in [-0.15, -0.1) is 0 Å². The van der Waals surface area contributed by atoms with Crippen LogP contribution in [0.15, 0.2) is 0 Å². The van der Waals surface area contributed by atoms with Crippen LogP contribution >= 0.6 is 11.8 Å². The first-order valence-electron chi connectivity index (χ1n) is 6.92. The number of thioether (sulfide) groups is 1. The molecule has 6 heteroatoms. The van der Waals surface area contributed by atoms with Crippen LogP contribution in [0, 0.1) is 5.41 Å². The third-order valence-electron chi connectivity index (χ3n) is 4.24. The van der Waals surface area contributed by atoms with E-state index in [1.807, 2.05) is 6.92 Å². The van der Waals surface area contributed by atoms with Gasteiger partial charge in [-0.25, -0.2) is 0 Å². The second-order valence-electron chi connectivity index (χ2n) is 5.38. The SMILES string of the molecule is CCC1(C(=O)O)CCCN(C(=O)C2CSCCN2)C1. The Morgan fingerprint density at radius 2 is 2.32 bits per heavy atom. The maximum Gasteiger partial charge on any atom is 0.311 e. The van der Waals surface area contributed by atoms with Crippen LogP contribution in [0.5, 0.6) is 0 Å². The van der Waals surface area contributed by atoms with Crippen LogP contribution in [0.1, 0.15) is 26.2 Å². The molecule has 0 aromatic heterocycles. The first-order chi connectivity index (χ1) is 9.09. The fraction of sp³-hybridized carbons (Fsp3) is 0.846. The summed E-state index contributed by atoms with van der Waals surface area (Å²) in [5, 5.41) is 12.7. The quantitative estimate of drug-likeness (QED) is 0.803. The highest BCUT2D eigenvalue weighted by Crippen LogP contribution is 2.34. The number of carbonyl (C=O) groups excluding carboxylic acids is 1. The lowest BCUT2D eigenvalue weighted by Gasteiger charge is -2.41. The van der Waals surface area contributed by atoms with E-state index in [0.29, 0.717) is 25.9 Å². The summed E-state index contributed by atoms with van der Waals surface area (Å²) >= 11 is 1.78. The number of nitrogens with zero attached hydrogens (tertiary/aromatic N) is 1. The molecule has 2 N–H and O–H groups in total. The topological polar surface area (TPSA) is 69.6 Å². The number of hydrogen-bond donors (Lipinski definition) is 2. The minimum Gasteiger partial charge on any atom is -0.481 e. The number of carbonyl (C=O) groups is 2. The minimum atomic E-state index is -0.765. The summed E-state index contributed by atoms with van der Waals surface area (Å²) in [4.78, 5) is 25.7. The fourth-order valence-corrected chi connectivity index (χ4v) is 3.80. The van der Waals surface area contributed by atoms with Crippen LogP contribution < -0.4 is 5.32 Å². The van der Waals surface area contributed by atoms with E-state index in [-0.39, 0.29) is 11.9 Å². The van der Waals surface area contributed by atoms with E-state index in [9.17, 15) is 14.7 Å². The van der Waals surface area contributed by atoms with Crippen LogP contribution in [-0.4, -0.2) is 59.1 Å². The van der Waals surface area contributed by atoms with Gasteiger partial charge in [-0.3, -0.25) is 9.59 Å². The Morgan fingerprint density at radius 1 is 1.53 bits per heavy atom. The van der Waals surface area contributed by atoms with Gasteiger partial charge in [0.2, 0.25) is 5.91 Å². The van der Waals surface area contributed by atoms with E-state index >= 15 is 0 Å². The standard InChI is InChI=1S/C13H22N2O3S/c1-2-13(12(17)18)4-3-6-15(9-13)11(16)10-8-19-7-5-14-10/h10,14H,2-9H2,1H3,(H,17,18). The van der Waals surface area contributed by atoms with E-state index in [2.05, 4.69) is 5.32 Å². The third-order valence-corrected chi connectivity index (χ3v) is 5.30. The number of carboxylic acid groups (broad SMARTS) is 1. The van der Waals surface area contributed by atoms with Crippen molar-refractivity contribution >= 4 is 23.6 Å². The molecule has 2 aliphatic heterocycles. The van der Waals surface area contributed by atoms with Crippen molar-refractivity contribution in [1.82, 2.24) is 10.2 Å². The molecule has 19 heavy (non-hydrogen) atoms. The van der Waals surface area contributed by atoms with Crippen LogP contribution in [0.25, 0.3) is 0 Å². The molecular formula is C13H22N2O3S. The molecule has 108 valence electrons. The predicted molar refractivity (Wildman–Crippen MR) is 75.3 cm³/mol. The van der Waals surface area contributed by atoms with E-state index in [4.69, 9.17) is 0 Å². The molecule has 2 fully saturated rings. The summed E-state index contributed by atoms with van der Waals surface area (Å²) in [6.45, 7) is 3.81. The highest BCUT2D eigenvalue weighted by Gasteiger charge is 2.43. The molecule has 2 atom stereocenters. The minimum absolute atomic E-state index is 0.0750. The van der Waals surface area contributed by atoms with Gasteiger partial charge in [-0.2, -0.15) is 11.8 Å². The van der Waals surface area contributed by atoms with Crippen molar-refractivity contribution in [2.24, 2.45) is 5.41 Å². The summed E-state index contributed by atoms with van der Waals surface area (Å²) in [7, 11) is 0. The Hall–Kier alpha value is -0.750. The molecule has 2 aliphatic rings. The molecule has 2 heterocycles. The lowest BCUT2D eigenvalue weighted by Crippen LogP contribution is -2.56. The predicted octanol–water partition coefficient (Wildman–Crippen LogP) is 0.795. The molecule has 2 unspecified atom stereocenters. The summed E-state index contributed by atoms with van der Waals surface area (Å²) in [5.74, 6) is 1.14. The molecular weight excluding hydrogens is 264 g/mol. The Labute approximate surface area is 118 Å². The van der Waals surface area contributed by atoms with Gasteiger partial charge in [-0.1, -0.05) is 6.92 Å². The van der Waals surface area contributed by atoms with Crippen molar-refractivity contribution in [3.05, 3.63) is 0 Å². The number of nitrogens with one attached hydrogen (secondary N) is 1. The number of aliphatic carboxylic acids is 1. The number of amides is 1. The summed E-state index contributed by atoms with van der Waals surface area (Å²) in [6, 6.07) is -0.139. The summed E-state index contributed by atoms with van der Waals surface area (Å²) < 4.78 is 0. The second kappa shape index (κ2) is 6.13. The monoisotopic (exact) mass is 286 g/mol. The highest BCUT2D eigenvalue weighted by molar-refractivity contribution is 7.99. The average molecular weight is 286 g/mol. The van der Waals surface area contributed by atoms with E-state index < -0.39 is 11.4 Å². The van der Waals surface area contributed by atoms with Crippen molar-refractivity contribution < 1.29 is 14.7 Å². The van der Waals surface area contributed by atoms with Gasteiger partial charge in [0.15, 0.2) is 0 Å². The van der Waals surface area contributed by atoms with Gasteiger partial charge >= 0.3 is 5.97 Å². The Bertz CT molecular complexity index is 358. The normalized spacial score (nSPS) is 32.1. The first kappa shape index (κ1) is 14.7. The molecule has 2 rings (SSSR count). The Balaban J connectivity index is 2.03. The van der Waals surface area contributed by atoms with E-state index in [0.717, 1.165) is 24.5 Å². The maximum atomic E-state index is 12.4. The van der Waals surface area contributed by atoms with E-state index in [1.165, 1.54) is 0 Å². The number of piperidine rings is 1. The van der Waals surface area contributed by atoms with Crippen molar-refractivity contribution in [2.75, 3.05) is 31.1 Å². The number of rotatable bonds is 3. The molecule has 0 aromatic rings. The largest absolute Gasteiger partial charge is 0.481 e. The van der Waals surface area contributed by atoms with Crippen LogP contribution in [-0.2, 0) is 9.59 Å². The van der Waals surface area contributed by atoms with Gasteiger partial charge in [0.25, 0.3) is 0 Å². The summed E-state index contributed by atoms with van der Waals surface area (Å²) in [6.07, 6.45) is 2.04. The van der Waals surface area contributed by atoms with Crippen molar-refractivity contribution in [2.45, 2.75) is 32.2 Å². The molecule has 0 aromatic carbocycles. The maximum absolute atomic E-state index is 12.4.